The number of hydrogen-bond acceptors (Lipinski definition) is 3. The second kappa shape index (κ2) is 3.30. The molecule has 4 heteroatoms. The molecule has 0 amide bonds. The van der Waals surface area contributed by atoms with E-state index in [0.717, 1.165) is 0 Å². The number of nitriles is 1. The first-order valence-corrected chi connectivity index (χ1v) is 3.92. The van der Waals surface area contributed by atoms with Crippen LogP contribution in [-0.4, -0.2) is 5.16 Å². The van der Waals surface area contributed by atoms with Crippen LogP contribution in [0.1, 0.15) is 5.69 Å². The fourth-order valence-corrected chi connectivity index (χ4v) is 1.08. The van der Waals surface area contributed by atoms with Gasteiger partial charge in [-0.15, -0.1) is 0 Å². The van der Waals surface area contributed by atoms with Crippen molar-refractivity contribution in [2.45, 2.75) is 0 Å². The third-order valence-corrected chi connectivity index (χ3v) is 1.75. The molecule has 0 saturated heterocycles. The van der Waals surface area contributed by atoms with Gasteiger partial charge in [0.05, 0.1) is 0 Å². The van der Waals surface area contributed by atoms with E-state index in [2.05, 4.69) is 5.16 Å². The van der Waals surface area contributed by atoms with Gasteiger partial charge in [-0.2, -0.15) is 5.26 Å². The van der Waals surface area contributed by atoms with Crippen LogP contribution in [0.25, 0.3) is 11.3 Å². The second-order valence-electron chi connectivity index (χ2n) is 2.70. The lowest BCUT2D eigenvalue weighted by atomic mass is 10.1. The standard InChI is InChI=1S/C10H5FN2O/c11-8-3-1-7(2-4-8)10-5-9(6-12)13-14-10/h1-5H. The van der Waals surface area contributed by atoms with Crippen molar-refractivity contribution in [3.05, 3.63) is 41.8 Å². The first-order chi connectivity index (χ1) is 6.79. The lowest BCUT2D eigenvalue weighted by Crippen LogP contribution is -1.75. The number of nitrogens with zero attached hydrogens (tertiary/aromatic N) is 2. The Morgan fingerprint density at radius 1 is 1.29 bits per heavy atom. The number of hydrogen-bond donors (Lipinski definition) is 0. The smallest absolute Gasteiger partial charge is 0.184 e. The third-order valence-electron chi connectivity index (χ3n) is 1.75. The molecule has 0 N–H and O–H groups in total. The maximum atomic E-state index is 12.6. The summed E-state index contributed by atoms with van der Waals surface area (Å²) in [6.07, 6.45) is 0. The summed E-state index contributed by atoms with van der Waals surface area (Å²) in [5, 5.41) is 12.0. The molecule has 0 spiro atoms. The summed E-state index contributed by atoms with van der Waals surface area (Å²) in [7, 11) is 0. The first-order valence-electron chi connectivity index (χ1n) is 3.92. The highest BCUT2D eigenvalue weighted by molar-refractivity contribution is 5.57. The Labute approximate surface area is 79.4 Å². The number of halogens is 1. The van der Waals surface area contributed by atoms with Gasteiger partial charge in [0.2, 0.25) is 0 Å². The highest BCUT2D eigenvalue weighted by Gasteiger charge is 2.05. The largest absolute Gasteiger partial charge is 0.355 e. The molecule has 0 aliphatic heterocycles. The van der Waals surface area contributed by atoms with E-state index in [9.17, 15) is 4.39 Å². The second-order valence-corrected chi connectivity index (χ2v) is 2.70. The van der Waals surface area contributed by atoms with Crippen LogP contribution in [0.4, 0.5) is 4.39 Å². The molecular weight excluding hydrogens is 183 g/mol. The average Bonchev–Trinajstić information content (AvgIpc) is 2.67. The van der Waals surface area contributed by atoms with Crippen molar-refractivity contribution in [2.75, 3.05) is 0 Å². The normalized spacial score (nSPS) is 9.71. The summed E-state index contributed by atoms with van der Waals surface area (Å²) in [6, 6.07) is 9.14. The van der Waals surface area contributed by atoms with Crippen molar-refractivity contribution in [1.29, 1.82) is 5.26 Å². The fourth-order valence-electron chi connectivity index (χ4n) is 1.08. The predicted octanol–water partition coefficient (Wildman–Crippen LogP) is 2.35. The molecule has 0 atom stereocenters. The van der Waals surface area contributed by atoms with E-state index in [1.165, 1.54) is 18.2 Å². The summed E-state index contributed by atoms with van der Waals surface area (Å²) in [6.45, 7) is 0. The highest BCUT2D eigenvalue weighted by Crippen LogP contribution is 2.19. The van der Waals surface area contributed by atoms with Gasteiger partial charge in [0.25, 0.3) is 0 Å². The summed E-state index contributed by atoms with van der Waals surface area (Å²) in [5.74, 6) is 0.148. The van der Waals surface area contributed by atoms with Gasteiger partial charge in [-0.1, -0.05) is 5.16 Å². The summed E-state index contributed by atoms with van der Waals surface area (Å²) in [5.41, 5.74) is 0.907. The molecule has 68 valence electrons. The molecule has 1 heterocycles. The minimum Gasteiger partial charge on any atom is -0.355 e. The average molecular weight is 188 g/mol. The van der Waals surface area contributed by atoms with Gasteiger partial charge >= 0.3 is 0 Å². The zero-order chi connectivity index (χ0) is 9.97. The summed E-state index contributed by atoms with van der Waals surface area (Å²) < 4.78 is 17.5. The number of aromatic nitrogens is 1. The van der Waals surface area contributed by atoms with E-state index >= 15 is 0 Å². The van der Waals surface area contributed by atoms with Gasteiger partial charge in [-0.05, 0) is 24.3 Å². The maximum absolute atomic E-state index is 12.6. The maximum Gasteiger partial charge on any atom is 0.184 e. The highest BCUT2D eigenvalue weighted by atomic mass is 19.1. The van der Waals surface area contributed by atoms with E-state index < -0.39 is 0 Å². The van der Waals surface area contributed by atoms with Crippen molar-refractivity contribution >= 4 is 0 Å². The summed E-state index contributed by atoms with van der Waals surface area (Å²) >= 11 is 0. The molecule has 0 saturated carbocycles. The lowest BCUT2D eigenvalue weighted by molar-refractivity contribution is 0.430. The van der Waals surface area contributed by atoms with Crippen LogP contribution >= 0.6 is 0 Å². The van der Waals surface area contributed by atoms with Crippen LogP contribution in [-0.2, 0) is 0 Å². The van der Waals surface area contributed by atoms with E-state index in [-0.39, 0.29) is 11.5 Å². The zero-order valence-electron chi connectivity index (χ0n) is 7.07. The van der Waals surface area contributed by atoms with Gasteiger partial charge in [0, 0.05) is 11.6 Å². The summed E-state index contributed by atoms with van der Waals surface area (Å²) in [4.78, 5) is 0. The molecule has 2 aromatic rings. The van der Waals surface area contributed by atoms with Crippen LogP contribution in [0.5, 0.6) is 0 Å². The predicted molar refractivity (Wildman–Crippen MR) is 46.6 cm³/mol. The van der Waals surface area contributed by atoms with Gasteiger partial charge in [0.1, 0.15) is 11.9 Å². The van der Waals surface area contributed by atoms with Crippen molar-refractivity contribution in [2.24, 2.45) is 0 Å². The van der Waals surface area contributed by atoms with Crippen molar-refractivity contribution in [3.63, 3.8) is 0 Å². The van der Waals surface area contributed by atoms with E-state index in [4.69, 9.17) is 9.78 Å². The number of benzene rings is 1. The van der Waals surface area contributed by atoms with E-state index in [0.29, 0.717) is 11.3 Å². The molecule has 0 fully saturated rings. The van der Waals surface area contributed by atoms with Crippen molar-refractivity contribution in [3.8, 4) is 17.4 Å². The van der Waals surface area contributed by atoms with Crippen LogP contribution in [0.3, 0.4) is 0 Å². The molecule has 0 aliphatic rings. The molecule has 3 nitrogen and oxygen atoms in total. The number of rotatable bonds is 1. The van der Waals surface area contributed by atoms with Gasteiger partial charge in [-0.3, -0.25) is 0 Å². The zero-order valence-corrected chi connectivity index (χ0v) is 7.07. The topological polar surface area (TPSA) is 49.8 Å². The molecule has 0 aliphatic carbocycles. The van der Waals surface area contributed by atoms with Crippen LogP contribution in [0.15, 0.2) is 34.9 Å². The Morgan fingerprint density at radius 3 is 2.57 bits per heavy atom. The Bertz CT molecular complexity index is 482. The Hall–Kier alpha value is -2.15. The van der Waals surface area contributed by atoms with Gasteiger partial charge in [-0.25, -0.2) is 4.39 Å². The molecule has 0 unspecified atom stereocenters. The van der Waals surface area contributed by atoms with Crippen LogP contribution in [0, 0.1) is 17.1 Å². The fraction of sp³-hybridized carbons (Fsp3) is 0. The SMILES string of the molecule is N#Cc1cc(-c2ccc(F)cc2)on1. The minimum absolute atomic E-state index is 0.212. The van der Waals surface area contributed by atoms with Crippen molar-refractivity contribution in [1.82, 2.24) is 5.16 Å². The Kier molecular flexibility index (Phi) is 1.99. The van der Waals surface area contributed by atoms with Gasteiger partial charge < -0.3 is 4.52 Å². The van der Waals surface area contributed by atoms with Gasteiger partial charge in [0.15, 0.2) is 11.5 Å². The quantitative estimate of drug-likeness (QED) is 0.690. The Balaban J connectivity index is 2.40. The van der Waals surface area contributed by atoms with E-state index in [1.807, 2.05) is 6.07 Å². The lowest BCUT2D eigenvalue weighted by Gasteiger charge is -1.92. The van der Waals surface area contributed by atoms with E-state index in [1.54, 1.807) is 12.1 Å². The third kappa shape index (κ3) is 1.48. The molecule has 0 bridgehead atoms. The molecule has 1 aromatic carbocycles. The Morgan fingerprint density at radius 2 is 2.00 bits per heavy atom. The molecule has 0 radical (unpaired) electrons. The minimum atomic E-state index is -0.311. The molecule has 2 rings (SSSR count). The monoisotopic (exact) mass is 188 g/mol. The molecule has 1 aromatic heterocycles. The molecule has 14 heavy (non-hydrogen) atoms. The van der Waals surface area contributed by atoms with Crippen LogP contribution < -0.4 is 0 Å². The first kappa shape index (κ1) is 8.45. The van der Waals surface area contributed by atoms with Crippen LogP contribution in [0.2, 0.25) is 0 Å². The molecular formula is C10H5FN2O. The van der Waals surface area contributed by atoms with Crippen molar-refractivity contribution < 1.29 is 8.91 Å².